The third kappa shape index (κ3) is 3.39. The number of anilines is 3. The first-order chi connectivity index (χ1) is 9.63. The second-order valence-electron chi connectivity index (χ2n) is 4.52. The molecule has 0 aliphatic rings. The van der Waals surface area contributed by atoms with Gasteiger partial charge < -0.3 is 10.2 Å². The van der Waals surface area contributed by atoms with Crippen molar-refractivity contribution in [3.8, 4) is 0 Å². The zero-order valence-electron chi connectivity index (χ0n) is 12.0. The van der Waals surface area contributed by atoms with Gasteiger partial charge in [-0.25, -0.2) is 9.97 Å². The summed E-state index contributed by atoms with van der Waals surface area (Å²) in [5.74, 6) is 1.69. The molecular formula is C15H19ClN4. The maximum atomic E-state index is 6.13. The van der Waals surface area contributed by atoms with E-state index in [4.69, 9.17) is 11.6 Å². The van der Waals surface area contributed by atoms with E-state index in [9.17, 15) is 0 Å². The summed E-state index contributed by atoms with van der Waals surface area (Å²) < 4.78 is 0. The van der Waals surface area contributed by atoms with Crippen LogP contribution in [0.1, 0.15) is 19.4 Å². The zero-order valence-corrected chi connectivity index (χ0v) is 12.8. The zero-order chi connectivity index (χ0) is 14.5. The Morgan fingerprint density at radius 2 is 1.90 bits per heavy atom. The van der Waals surface area contributed by atoms with E-state index in [0.29, 0.717) is 0 Å². The largest absolute Gasteiger partial charge is 0.357 e. The summed E-state index contributed by atoms with van der Waals surface area (Å²) in [6, 6.07) is 7.81. The third-order valence-corrected chi connectivity index (χ3v) is 3.59. The molecule has 0 spiro atoms. The van der Waals surface area contributed by atoms with Gasteiger partial charge in [0.2, 0.25) is 0 Å². The normalized spacial score (nSPS) is 10.4. The standard InChI is InChI=1S/C15H19ClN4/c1-4-20(5-2)15-9-14(17-10-18-15)19-12-7-6-11(3)13(16)8-12/h6-10H,4-5H2,1-3H3,(H,17,18,19). The Morgan fingerprint density at radius 3 is 2.55 bits per heavy atom. The van der Waals surface area contributed by atoms with Crippen LogP contribution in [0.2, 0.25) is 5.02 Å². The molecule has 0 atom stereocenters. The number of rotatable bonds is 5. The van der Waals surface area contributed by atoms with Gasteiger partial charge in [-0.3, -0.25) is 0 Å². The molecule has 0 aliphatic carbocycles. The summed E-state index contributed by atoms with van der Waals surface area (Å²) in [5.41, 5.74) is 1.98. The second kappa shape index (κ2) is 6.57. The highest BCUT2D eigenvalue weighted by Gasteiger charge is 2.06. The van der Waals surface area contributed by atoms with E-state index in [0.717, 1.165) is 41.0 Å². The highest BCUT2D eigenvalue weighted by Crippen LogP contribution is 2.23. The molecule has 0 unspecified atom stereocenters. The molecule has 0 bridgehead atoms. The molecule has 4 nitrogen and oxygen atoms in total. The third-order valence-electron chi connectivity index (χ3n) is 3.18. The number of nitrogens with zero attached hydrogens (tertiary/aromatic N) is 3. The van der Waals surface area contributed by atoms with Crippen molar-refractivity contribution in [3.63, 3.8) is 0 Å². The first kappa shape index (κ1) is 14.6. The SMILES string of the molecule is CCN(CC)c1cc(Nc2ccc(C)c(Cl)c2)ncn1. The van der Waals surface area contributed by atoms with Gasteiger partial charge in [0, 0.05) is 29.9 Å². The number of hydrogen-bond acceptors (Lipinski definition) is 4. The Hall–Kier alpha value is -1.81. The number of hydrogen-bond donors (Lipinski definition) is 1. The van der Waals surface area contributed by atoms with Crippen molar-refractivity contribution in [2.75, 3.05) is 23.3 Å². The van der Waals surface area contributed by atoms with Crippen LogP contribution in [0.15, 0.2) is 30.6 Å². The van der Waals surface area contributed by atoms with Gasteiger partial charge in [-0.05, 0) is 38.5 Å². The van der Waals surface area contributed by atoms with E-state index in [1.54, 1.807) is 6.33 Å². The molecule has 1 N–H and O–H groups in total. The summed E-state index contributed by atoms with van der Waals surface area (Å²) in [4.78, 5) is 10.7. The average Bonchev–Trinajstić information content (AvgIpc) is 2.45. The van der Waals surface area contributed by atoms with E-state index in [1.165, 1.54) is 0 Å². The molecular weight excluding hydrogens is 272 g/mol. The van der Waals surface area contributed by atoms with Crippen molar-refractivity contribution in [2.24, 2.45) is 0 Å². The molecule has 0 amide bonds. The van der Waals surface area contributed by atoms with Crippen LogP contribution < -0.4 is 10.2 Å². The van der Waals surface area contributed by atoms with E-state index in [2.05, 4.69) is 34.0 Å². The molecule has 2 aromatic rings. The summed E-state index contributed by atoms with van der Waals surface area (Å²) in [5, 5.41) is 4.00. The van der Waals surface area contributed by atoms with Crippen LogP contribution >= 0.6 is 11.6 Å². The van der Waals surface area contributed by atoms with Gasteiger partial charge >= 0.3 is 0 Å². The first-order valence-corrected chi connectivity index (χ1v) is 7.12. The number of halogens is 1. The van der Waals surface area contributed by atoms with Gasteiger partial charge in [-0.2, -0.15) is 0 Å². The predicted molar refractivity (Wildman–Crippen MR) is 85.1 cm³/mol. The summed E-state index contributed by atoms with van der Waals surface area (Å²) >= 11 is 6.13. The fraction of sp³-hybridized carbons (Fsp3) is 0.333. The molecule has 5 heteroatoms. The van der Waals surface area contributed by atoms with E-state index < -0.39 is 0 Å². The topological polar surface area (TPSA) is 41.0 Å². The van der Waals surface area contributed by atoms with Crippen molar-refractivity contribution >= 4 is 28.9 Å². The van der Waals surface area contributed by atoms with Crippen LogP contribution in [0.5, 0.6) is 0 Å². The number of aryl methyl sites for hydroxylation is 1. The average molecular weight is 291 g/mol. The minimum atomic E-state index is 0.744. The number of benzene rings is 1. The fourth-order valence-electron chi connectivity index (χ4n) is 1.95. The summed E-state index contributed by atoms with van der Waals surface area (Å²) in [6.45, 7) is 8.04. The highest BCUT2D eigenvalue weighted by atomic mass is 35.5. The maximum Gasteiger partial charge on any atom is 0.135 e. The molecule has 0 saturated carbocycles. The lowest BCUT2D eigenvalue weighted by molar-refractivity contribution is 0.842. The predicted octanol–water partition coefficient (Wildman–Crippen LogP) is 4.03. The van der Waals surface area contributed by atoms with Crippen molar-refractivity contribution in [1.82, 2.24) is 9.97 Å². The molecule has 1 heterocycles. The second-order valence-corrected chi connectivity index (χ2v) is 4.93. The quantitative estimate of drug-likeness (QED) is 0.903. The lowest BCUT2D eigenvalue weighted by Crippen LogP contribution is -2.23. The Kier molecular flexibility index (Phi) is 4.79. The molecule has 106 valence electrons. The summed E-state index contributed by atoms with van der Waals surface area (Å²) in [7, 11) is 0. The molecule has 0 fully saturated rings. The Morgan fingerprint density at radius 1 is 1.15 bits per heavy atom. The fourth-order valence-corrected chi connectivity index (χ4v) is 2.13. The first-order valence-electron chi connectivity index (χ1n) is 6.74. The van der Waals surface area contributed by atoms with Crippen LogP contribution in [-0.4, -0.2) is 23.1 Å². The van der Waals surface area contributed by atoms with Gasteiger partial charge in [0.05, 0.1) is 0 Å². The lowest BCUT2D eigenvalue weighted by atomic mass is 10.2. The Bertz CT molecular complexity index is 582. The van der Waals surface area contributed by atoms with Crippen molar-refractivity contribution < 1.29 is 0 Å². The van der Waals surface area contributed by atoms with Crippen molar-refractivity contribution in [2.45, 2.75) is 20.8 Å². The smallest absolute Gasteiger partial charge is 0.135 e. The van der Waals surface area contributed by atoms with Gasteiger partial charge in [0.15, 0.2) is 0 Å². The minimum absolute atomic E-state index is 0.744. The monoisotopic (exact) mass is 290 g/mol. The van der Waals surface area contributed by atoms with E-state index >= 15 is 0 Å². The Labute approximate surface area is 124 Å². The van der Waals surface area contributed by atoms with Crippen LogP contribution in [0.3, 0.4) is 0 Å². The molecule has 20 heavy (non-hydrogen) atoms. The van der Waals surface area contributed by atoms with Crippen molar-refractivity contribution in [1.29, 1.82) is 0 Å². The highest BCUT2D eigenvalue weighted by molar-refractivity contribution is 6.31. The van der Waals surface area contributed by atoms with Gasteiger partial charge in [-0.15, -0.1) is 0 Å². The molecule has 1 aromatic heterocycles. The summed E-state index contributed by atoms with van der Waals surface area (Å²) in [6.07, 6.45) is 1.58. The maximum absolute atomic E-state index is 6.13. The van der Waals surface area contributed by atoms with Crippen LogP contribution in [-0.2, 0) is 0 Å². The van der Waals surface area contributed by atoms with Crippen molar-refractivity contribution in [3.05, 3.63) is 41.2 Å². The molecule has 1 aromatic carbocycles. The molecule has 2 rings (SSSR count). The van der Waals surface area contributed by atoms with Gasteiger partial charge in [0.1, 0.15) is 18.0 Å². The minimum Gasteiger partial charge on any atom is -0.357 e. The Balaban J connectivity index is 2.21. The van der Waals surface area contributed by atoms with Gasteiger partial charge in [0.25, 0.3) is 0 Å². The number of nitrogens with one attached hydrogen (secondary N) is 1. The van der Waals surface area contributed by atoms with Crippen LogP contribution in [0, 0.1) is 6.92 Å². The number of aromatic nitrogens is 2. The molecule has 0 aliphatic heterocycles. The van der Waals surface area contributed by atoms with Crippen LogP contribution in [0.4, 0.5) is 17.3 Å². The lowest BCUT2D eigenvalue weighted by Gasteiger charge is -2.19. The van der Waals surface area contributed by atoms with Crippen LogP contribution in [0.25, 0.3) is 0 Å². The van der Waals surface area contributed by atoms with E-state index in [1.807, 2.05) is 31.2 Å². The van der Waals surface area contributed by atoms with Gasteiger partial charge in [-0.1, -0.05) is 17.7 Å². The van der Waals surface area contributed by atoms with E-state index in [-0.39, 0.29) is 0 Å². The molecule has 0 saturated heterocycles. The molecule has 0 radical (unpaired) electrons.